The van der Waals surface area contributed by atoms with E-state index in [-0.39, 0.29) is 11.6 Å². The predicted molar refractivity (Wildman–Crippen MR) is 100 cm³/mol. The molecule has 0 saturated heterocycles. The van der Waals surface area contributed by atoms with Crippen molar-refractivity contribution in [2.45, 2.75) is 5.92 Å². The normalized spacial score (nSPS) is 11.6. The Hall–Kier alpha value is -3.34. The van der Waals surface area contributed by atoms with E-state index >= 15 is 0 Å². The molecule has 0 aromatic heterocycles. The largest absolute Gasteiger partial charge is 0.497 e. The van der Waals surface area contributed by atoms with Gasteiger partial charge in [0.15, 0.2) is 0 Å². The zero-order valence-electron chi connectivity index (χ0n) is 14.6. The summed E-state index contributed by atoms with van der Waals surface area (Å²) in [5.74, 6) is 1.43. The van der Waals surface area contributed by atoms with E-state index in [0.717, 1.165) is 28.2 Å². The van der Waals surface area contributed by atoms with E-state index in [0.29, 0.717) is 0 Å². The van der Waals surface area contributed by atoms with E-state index in [2.05, 4.69) is 0 Å². The maximum Gasteiger partial charge on any atom is 0.269 e. The molecule has 0 heterocycles. The second-order valence-electron chi connectivity index (χ2n) is 5.80. The lowest BCUT2D eigenvalue weighted by molar-refractivity contribution is -0.384. The Labute approximate surface area is 152 Å². The van der Waals surface area contributed by atoms with Crippen molar-refractivity contribution in [1.29, 1.82) is 0 Å². The smallest absolute Gasteiger partial charge is 0.269 e. The van der Waals surface area contributed by atoms with Crippen LogP contribution < -0.4 is 9.47 Å². The second kappa shape index (κ2) is 7.70. The zero-order chi connectivity index (χ0) is 18.5. The molecule has 1 unspecified atom stereocenters. The van der Waals surface area contributed by atoms with E-state index in [1.165, 1.54) is 12.1 Å². The Balaban J connectivity index is 2.13. The Morgan fingerprint density at radius 2 is 1.38 bits per heavy atom. The number of nitro groups is 1. The summed E-state index contributed by atoms with van der Waals surface area (Å²) in [4.78, 5) is 10.6. The van der Waals surface area contributed by atoms with Crippen molar-refractivity contribution >= 4 is 5.69 Å². The molecule has 0 radical (unpaired) electrons. The highest BCUT2D eigenvalue weighted by atomic mass is 16.6. The molecule has 3 aromatic carbocycles. The number of hydrogen-bond acceptors (Lipinski definition) is 4. The van der Waals surface area contributed by atoms with E-state index in [1.807, 2.05) is 48.5 Å². The van der Waals surface area contributed by atoms with Gasteiger partial charge >= 0.3 is 0 Å². The topological polar surface area (TPSA) is 61.6 Å². The van der Waals surface area contributed by atoms with Crippen LogP contribution in [0.2, 0.25) is 0 Å². The SMILES string of the molecule is COc1ccc(C(c2ccc([N+](=O)[O-])cc2)c2ccccc2OC)cc1. The molecule has 3 aromatic rings. The van der Waals surface area contributed by atoms with E-state index in [1.54, 1.807) is 26.4 Å². The molecular formula is C21H19NO4. The lowest BCUT2D eigenvalue weighted by Crippen LogP contribution is -2.05. The highest BCUT2D eigenvalue weighted by Gasteiger charge is 2.21. The number of benzene rings is 3. The quantitative estimate of drug-likeness (QED) is 0.365. The van der Waals surface area contributed by atoms with Crippen LogP contribution in [0.1, 0.15) is 22.6 Å². The predicted octanol–water partition coefficient (Wildman–Crippen LogP) is 4.79. The fourth-order valence-electron chi connectivity index (χ4n) is 3.04. The van der Waals surface area contributed by atoms with Crippen molar-refractivity contribution in [3.8, 4) is 11.5 Å². The van der Waals surface area contributed by atoms with Gasteiger partial charge in [0.25, 0.3) is 5.69 Å². The van der Waals surface area contributed by atoms with Crippen LogP contribution in [-0.2, 0) is 0 Å². The summed E-state index contributed by atoms with van der Waals surface area (Å²) >= 11 is 0. The number of non-ortho nitro benzene ring substituents is 1. The van der Waals surface area contributed by atoms with Crippen LogP contribution in [0.5, 0.6) is 11.5 Å². The molecule has 0 fully saturated rings. The van der Waals surface area contributed by atoms with Gasteiger partial charge in [0.2, 0.25) is 0 Å². The van der Waals surface area contributed by atoms with Gasteiger partial charge < -0.3 is 9.47 Å². The first kappa shape index (κ1) is 17.5. The number of rotatable bonds is 6. The molecule has 1 atom stereocenters. The molecule has 0 N–H and O–H groups in total. The molecule has 0 amide bonds. The van der Waals surface area contributed by atoms with Crippen molar-refractivity contribution in [2.24, 2.45) is 0 Å². The molecule has 3 rings (SSSR count). The fourth-order valence-corrected chi connectivity index (χ4v) is 3.04. The molecule has 5 nitrogen and oxygen atoms in total. The molecule has 0 spiro atoms. The third-order valence-electron chi connectivity index (χ3n) is 4.34. The number of hydrogen-bond donors (Lipinski definition) is 0. The van der Waals surface area contributed by atoms with Gasteiger partial charge in [-0.3, -0.25) is 10.1 Å². The summed E-state index contributed by atoms with van der Waals surface area (Å²) in [5.41, 5.74) is 3.06. The Morgan fingerprint density at radius 1 is 0.808 bits per heavy atom. The molecule has 5 heteroatoms. The standard InChI is InChI=1S/C21H19NO4/c1-25-18-13-9-16(10-14-18)21(19-5-3-4-6-20(19)26-2)15-7-11-17(12-8-15)22(23)24/h3-14,21H,1-2H3. The van der Waals surface area contributed by atoms with Crippen LogP contribution in [0.3, 0.4) is 0 Å². The van der Waals surface area contributed by atoms with Crippen LogP contribution in [0.15, 0.2) is 72.8 Å². The zero-order valence-corrected chi connectivity index (χ0v) is 14.6. The Bertz CT molecular complexity index is 889. The van der Waals surface area contributed by atoms with E-state index in [9.17, 15) is 10.1 Å². The van der Waals surface area contributed by atoms with E-state index in [4.69, 9.17) is 9.47 Å². The maximum atomic E-state index is 11.0. The first-order chi connectivity index (χ1) is 12.6. The van der Waals surface area contributed by atoms with Gasteiger partial charge in [-0.25, -0.2) is 0 Å². The van der Waals surface area contributed by atoms with Crippen LogP contribution >= 0.6 is 0 Å². The average molecular weight is 349 g/mol. The van der Waals surface area contributed by atoms with Gasteiger partial charge in [-0.15, -0.1) is 0 Å². The molecule has 0 saturated carbocycles. The summed E-state index contributed by atoms with van der Waals surface area (Å²) in [6, 6.07) is 22.2. The first-order valence-electron chi connectivity index (χ1n) is 8.15. The molecule has 0 aliphatic heterocycles. The highest BCUT2D eigenvalue weighted by molar-refractivity contribution is 5.51. The third-order valence-corrected chi connectivity index (χ3v) is 4.34. The summed E-state index contributed by atoms with van der Waals surface area (Å²) in [5, 5.41) is 11.0. The number of methoxy groups -OCH3 is 2. The number of nitrogens with zero attached hydrogens (tertiary/aromatic N) is 1. The fraction of sp³-hybridized carbons (Fsp3) is 0.143. The molecule has 26 heavy (non-hydrogen) atoms. The van der Waals surface area contributed by atoms with Gasteiger partial charge in [0.05, 0.1) is 19.1 Å². The number of para-hydroxylation sites is 1. The van der Waals surface area contributed by atoms with E-state index < -0.39 is 4.92 Å². The van der Waals surface area contributed by atoms with Gasteiger partial charge in [0.1, 0.15) is 11.5 Å². The third kappa shape index (κ3) is 3.52. The number of nitro benzene ring substituents is 1. The molecule has 0 bridgehead atoms. The molecule has 0 aliphatic rings. The summed E-state index contributed by atoms with van der Waals surface area (Å²) in [6.07, 6.45) is 0. The minimum atomic E-state index is -0.394. The summed E-state index contributed by atoms with van der Waals surface area (Å²) in [6.45, 7) is 0. The van der Waals surface area contributed by atoms with Gasteiger partial charge in [-0.05, 0) is 29.3 Å². The minimum Gasteiger partial charge on any atom is -0.497 e. The van der Waals surface area contributed by atoms with Crippen molar-refractivity contribution in [3.05, 3.63) is 99.6 Å². The number of ether oxygens (including phenoxy) is 2. The first-order valence-corrected chi connectivity index (χ1v) is 8.15. The second-order valence-corrected chi connectivity index (χ2v) is 5.80. The van der Waals surface area contributed by atoms with Gasteiger partial charge in [0, 0.05) is 23.6 Å². The van der Waals surface area contributed by atoms with Crippen LogP contribution in [0.25, 0.3) is 0 Å². The van der Waals surface area contributed by atoms with Crippen molar-refractivity contribution < 1.29 is 14.4 Å². The molecule has 132 valence electrons. The lowest BCUT2D eigenvalue weighted by Gasteiger charge is -2.21. The molecule has 0 aliphatic carbocycles. The van der Waals surface area contributed by atoms with Crippen LogP contribution in [-0.4, -0.2) is 19.1 Å². The average Bonchev–Trinajstić information content (AvgIpc) is 2.69. The van der Waals surface area contributed by atoms with Crippen LogP contribution in [0.4, 0.5) is 5.69 Å². The highest BCUT2D eigenvalue weighted by Crippen LogP contribution is 2.38. The monoisotopic (exact) mass is 349 g/mol. The minimum absolute atomic E-state index is 0.0715. The Kier molecular flexibility index (Phi) is 5.17. The lowest BCUT2D eigenvalue weighted by atomic mass is 9.84. The Morgan fingerprint density at radius 3 is 1.92 bits per heavy atom. The van der Waals surface area contributed by atoms with Crippen molar-refractivity contribution in [2.75, 3.05) is 14.2 Å². The molecular weight excluding hydrogens is 330 g/mol. The summed E-state index contributed by atoms with van der Waals surface area (Å²) < 4.78 is 10.8. The summed E-state index contributed by atoms with van der Waals surface area (Å²) in [7, 11) is 3.27. The van der Waals surface area contributed by atoms with Gasteiger partial charge in [-0.1, -0.05) is 42.5 Å². The van der Waals surface area contributed by atoms with Crippen molar-refractivity contribution in [3.63, 3.8) is 0 Å². The van der Waals surface area contributed by atoms with Crippen LogP contribution in [0, 0.1) is 10.1 Å². The van der Waals surface area contributed by atoms with Gasteiger partial charge in [-0.2, -0.15) is 0 Å². The van der Waals surface area contributed by atoms with Crippen molar-refractivity contribution in [1.82, 2.24) is 0 Å². The maximum absolute atomic E-state index is 11.0.